The number of ketones is 1. The van der Waals surface area contributed by atoms with Crippen molar-refractivity contribution in [3.8, 4) is 0 Å². The smallest absolute Gasteiger partial charge is 0.296 e. The standard InChI is InChI=1S/C8H5NO2.CH4O/c10-7-5-3-1-2-4-6(5)9-8(7)11;1-2/h1-4H,(H,9,10,11);2H,1H3. The number of benzene rings is 1. The summed E-state index contributed by atoms with van der Waals surface area (Å²) in [7, 11) is 1.00. The van der Waals surface area contributed by atoms with Crippen molar-refractivity contribution in [1.82, 2.24) is 0 Å². The number of carbonyl (C=O) groups is 2. The molecular weight excluding hydrogens is 170 g/mol. The van der Waals surface area contributed by atoms with Crippen molar-refractivity contribution < 1.29 is 14.7 Å². The number of rotatable bonds is 0. The summed E-state index contributed by atoms with van der Waals surface area (Å²) in [6.45, 7) is 0. The first-order valence-electron chi connectivity index (χ1n) is 3.68. The number of hydrogen-bond acceptors (Lipinski definition) is 3. The Balaban J connectivity index is 0.000000396. The molecule has 0 saturated carbocycles. The highest BCUT2D eigenvalue weighted by molar-refractivity contribution is 6.51. The van der Waals surface area contributed by atoms with Crippen LogP contribution in [0.15, 0.2) is 24.3 Å². The Kier molecular flexibility index (Phi) is 2.76. The highest BCUT2D eigenvalue weighted by Crippen LogP contribution is 2.21. The molecule has 4 nitrogen and oxygen atoms in total. The van der Waals surface area contributed by atoms with Gasteiger partial charge in [-0.05, 0) is 12.1 Å². The summed E-state index contributed by atoms with van der Waals surface area (Å²) < 4.78 is 0. The Bertz CT molecular complexity index is 346. The predicted molar refractivity (Wildman–Crippen MR) is 47.5 cm³/mol. The van der Waals surface area contributed by atoms with Gasteiger partial charge in [0.25, 0.3) is 11.7 Å². The highest BCUT2D eigenvalue weighted by Gasteiger charge is 2.26. The molecule has 0 saturated heterocycles. The second kappa shape index (κ2) is 3.82. The molecule has 0 aromatic heterocycles. The number of aliphatic hydroxyl groups is 1. The zero-order valence-corrected chi connectivity index (χ0v) is 7.07. The minimum absolute atomic E-state index is 0.444. The molecule has 1 aliphatic rings. The first-order chi connectivity index (χ1) is 6.29. The third-order valence-corrected chi connectivity index (χ3v) is 1.63. The van der Waals surface area contributed by atoms with E-state index in [1.54, 1.807) is 24.3 Å². The van der Waals surface area contributed by atoms with Gasteiger partial charge in [-0.2, -0.15) is 0 Å². The highest BCUT2D eigenvalue weighted by atomic mass is 16.2. The second-order valence-electron chi connectivity index (χ2n) is 2.33. The van der Waals surface area contributed by atoms with Gasteiger partial charge in [-0.3, -0.25) is 9.59 Å². The van der Waals surface area contributed by atoms with Crippen molar-refractivity contribution >= 4 is 17.4 Å². The van der Waals surface area contributed by atoms with Gasteiger partial charge < -0.3 is 10.4 Å². The van der Waals surface area contributed by atoms with E-state index < -0.39 is 11.7 Å². The second-order valence-corrected chi connectivity index (χ2v) is 2.33. The first kappa shape index (κ1) is 9.41. The lowest BCUT2D eigenvalue weighted by Gasteiger charge is -1.91. The third kappa shape index (κ3) is 1.57. The SMILES string of the molecule is CO.O=C1Nc2ccccc2C1=O. The molecule has 0 bridgehead atoms. The quantitative estimate of drug-likeness (QED) is 0.567. The average molecular weight is 179 g/mol. The van der Waals surface area contributed by atoms with E-state index in [-0.39, 0.29) is 0 Å². The van der Waals surface area contributed by atoms with Gasteiger partial charge in [-0.25, -0.2) is 0 Å². The monoisotopic (exact) mass is 179 g/mol. The molecule has 13 heavy (non-hydrogen) atoms. The third-order valence-electron chi connectivity index (χ3n) is 1.63. The number of nitrogens with one attached hydrogen (secondary N) is 1. The van der Waals surface area contributed by atoms with Crippen LogP contribution in [0, 0.1) is 0 Å². The number of aliphatic hydroxyl groups excluding tert-OH is 1. The van der Waals surface area contributed by atoms with E-state index in [2.05, 4.69) is 5.32 Å². The minimum atomic E-state index is -0.536. The van der Waals surface area contributed by atoms with E-state index in [4.69, 9.17) is 5.11 Å². The molecule has 68 valence electrons. The molecule has 1 aliphatic heterocycles. The zero-order chi connectivity index (χ0) is 9.84. The Morgan fingerprint density at radius 2 is 1.77 bits per heavy atom. The molecule has 1 aromatic rings. The number of para-hydroxylation sites is 1. The number of Topliss-reactive ketones (excluding diaryl/α,β-unsaturated/α-hetero) is 1. The summed E-state index contributed by atoms with van der Waals surface area (Å²) in [6.07, 6.45) is 0. The molecule has 0 radical (unpaired) electrons. The molecule has 2 N–H and O–H groups in total. The van der Waals surface area contributed by atoms with E-state index in [1.807, 2.05) is 0 Å². The fourth-order valence-electron chi connectivity index (χ4n) is 1.09. The first-order valence-corrected chi connectivity index (χ1v) is 3.68. The van der Waals surface area contributed by atoms with Gasteiger partial charge in [-0.1, -0.05) is 12.1 Å². The summed E-state index contributed by atoms with van der Waals surface area (Å²) in [4.78, 5) is 21.8. The Morgan fingerprint density at radius 3 is 2.38 bits per heavy atom. The summed E-state index contributed by atoms with van der Waals surface area (Å²) in [6, 6.07) is 6.85. The maximum Gasteiger partial charge on any atom is 0.296 e. The normalized spacial score (nSPS) is 12.8. The summed E-state index contributed by atoms with van der Waals surface area (Å²) >= 11 is 0. The van der Waals surface area contributed by atoms with Crippen LogP contribution in [0.4, 0.5) is 5.69 Å². The van der Waals surface area contributed by atoms with Gasteiger partial charge in [0.1, 0.15) is 0 Å². The largest absolute Gasteiger partial charge is 0.400 e. The lowest BCUT2D eigenvalue weighted by molar-refractivity contribution is -0.112. The van der Waals surface area contributed by atoms with Gasteiger partial charge in [0.15, 0.2) is 0 Å². The number of amides is 1. The van der Waals surface area contributed by atoms with Crippen LogP contribution >= 0.6 is 0 Å². The van der Waals surface area contributed by atoms with Crippen LogP contribution in [0.5, 0.6) is 0 Å². The topological polar surface area (TPSA) is 66.4 Å². The number of carbonyl (C=O) groups excluding carboxylic acids is 2. The van der Waals surface area contributed by atoms with Crippen molar-refractivity contribution in [3.63, 3.8) is 0 Å². The van der Waals surface area contributed by atoms with Crippen molar-refractivity contribution in [3.05, 3.63) is 29.8 Å². The van der Waals surface area contributed by atoms with Crippen molar-refractivity contribution in [2.45, 2.75) is 0 Å². The summed E-state index contributed by atoms with van der Waals surface area (Å²) in [5.41, 5.74) is 1.08. The van der Waals surface area contributed by atoms with Gasteiger partial charge in [0.2, 0.25) is 0 Å². The molecule has 4 heteroatoms. The molecule has 0 fully saturated rings. The van der Waals surface area contributed by atoms with E-state index >= 15 is 0 Å². The van der Waals surface area contributed by atoms with E-state index in [9.17, 15) is 9.59 Å². The van der Waals surface area contributed by atoms with Crippen LogP contribution in [0.1, 0.15) is 10.4 Å². The molecule has 0 atom stereocenters. The van der Waals surface area contributed by atoms with Crippen molar-refractivity contribution in [2.75, 3.05) is 12.4 Å². The molecule has 1 aromatic carbocycles. The maximum absolute atomic E-state index is 11.0. The molecule has 2 rings (SSSR count). The molecule has 0 unspecified atom stereocenters. The number of fused-ring (bicyclic) bond motifs is 1. The molecular formula is C9H9NO3. The van der Waals surface area contributed by atoms with Crippen molar-refractivity contribution in [1.29, 1.82) is 0 Å². The number of anilines is 1. The fraction of sp³-hybridized carbons (Fsp3) is 0.111. The van der Waals surface area contributed by atoms with Crippen LogP contribution < -0.4 is 5.32 Å². The number of hydrogen-bond donors (Lipinski definition) is 2. The van der Waals surface area contributed by atoms with Gasteiger partial charge in [-0.15, -0.1) is 0 Å². The van der Waals surface area contributed by atoms with Crippen LogP contribution in [-0.2, 0) is 4.79 Å². The predicted octanol–water partition coefficient (Wildman–Crippen LogP) is 0.430. The Hall–Kier alpha value is -1.68. The molecule has 0 aliphatic carbocycles. The summed E-state index contributed by atoms with van der Waals surface area (Å²) in [5.74, 6) is -0.980. The van der Waals surface area contributed by atoms with Crippen LogP contribution in [0.25, 0.3) is 0 Å². The molecule has 1 amide bonds. The van der Waals surface area contributed by atoms with Crippen LogP contribution in [0.3, 0.4) is 0 Å². The molecule has 1 heterocycles. The fourth-order valence-corrected chi connectivity index (χ4v) is 1.09. The summed E-state index contributed by atoms with van der Waals surface area (Å²) in [5, 5.41) is 9.46. The van der Waals surface area contributed by atoms with E-state index in [0.29, 0.717) is 11.3 Å². The lowest BCUT2D eigenvalue weighted by atomic mass is 10.1. The van der Waals surface area contributed by atoms with Crippen LogP contribution in [-0.4, -0.2) is 23.9 Å². The van der Waals surface area contributed by atoms with E-state index in [1.165, 1.54) is 0 Å². The minimum Gasteiger partial charge on any atom is -0.400 e. The van der Waals surface area contributed by atoms with E-state index in [0.717, 1.165) is 7.11 Å². The van der Waals surface area contributed by atoms with Crippen molar-refractivity contribution in [2.24, 2.45) is 0 Å². The maximum atomic E-state index is 11.0. The molecule has 0 spiro atoms. The van der Waals surface area contributed by atoms with Gasteiger partial charge >= 0.3 is 0 Å². The Morgan fingerprint density at radius 1 is 1.15 bits per heavy atom. The average Bonchev–Trinajstić information content (AvgIpc) is 2.47. The Labute approximate surface area is 75.2 Å². The lowest BCUT2D eigenvalue weighted by Crippen LogP contribution is -2.12. The van der Waals surface area contributed by atoms with Crippen LogP contribution in [0.2, 0.25) is 0 Å². The van der Waals surface area contributed by atoms with Gasteiger partial charge in [0, 0.05) is 7.11 Å². The van der Waals surface area contributed by atoms with Gasteiger partial charge in [0.05, 0.1) is 11.3 Å². The zero-order valence-electron chi connectivity index (χ0n) is 7.07.